The number of amides is 1. The van der Waals surface area contributed by atoms with Crippen LogP contribution in [0.25, 0.3) is 0 Å². The van der Waals surface area contributed by atoms with Crippen molar-refractivity contribution in [2.75, 3.05) is 18.5 Å². The van der Waals surface area contributed by atoms with Gasteiger partial charge in [-0.25, -0.2) is 4.98 Å². The van der Waals surface area contributed by atoms with Gasteiger partial charge in [0.05, 0.1) is 5.56 Å². The van der Waals surface area contributed by atoms with Gasteiger partial charge in [0.25, 0.3) is 0 Å². The molecule has 2 rings (SSSR count). The third-order valence-corrected chi connectivity index (χ3v) is 3.35. The van der Waals surface area contributed by atoms with Gasteiger partial charge < -0.3 is 16.0 Å². The first-order chi connectivity index (χ1) is 8.65. The van der Waals surface area contributed by atoms with E-state index in [1.807, 2.05) is 11.0 Å². The lowest BCUT2D eigenvalue weighted by Gasteiger charge is -2.26. The molecule has 1 saturated heterocycles. The number of hydrogen-bond donors (Lipinski definition) is 2. The molecular formula is C12H16N4OS. The molecule has 1 amide bonds. The Labute approximate surface area is 111 Å². The Hall–Kier alpha value is -1.69. The van der Waals surface area contributed by atoms with Crippen molar-refractivity contribution in [3.63, 3.8) is 0 Å². The number of anilines is 1. The van der Waals surface area contributed by atoms with E-state index in [4.69, 9.17) is 18.0 Å². The number of thiocarbonyl (C=S) groups is 1. The molecule has 18 heavy (non-hydrogen) atoms. The molecule has 1 aliphatic rings. The highest BCUT2D eigenvalue weighted by Gasteiger charge is 2.32. The number of rotatable bonds is 3. The zero-order chi connectivity index (χ0) is 13.1. The standard InChI is InChI=1S/C12H16N4OS/c1-14-12(17)9-5-3-7-16(9)11-8(10(13)18)4-2-6-15-11/h2,4,6,9H,3,5,7H2,1H3,(H2,13,18)(H,14,17). The summed E-state index contributed by atoms with van der Waals surface area (Å²) in [5, 5.41) is 2.68. The Morgan fingerprint density at radius 3 is 3.11 bits per heavy atom. The summed E-state index contributed by atoms with van der Waals surface area (Å²) >= 11 is 5.03. The van der Waals surface area contributed by atoms with E-state index in [0.29, 0.717) is 10.8 Å². The lowest BCUT2D eigenvalue weighted by Crippen LogP contribution is -2.43. The molecule has 1 aliphatic heterocycles. The molecule has 0 spiro atoms. The molecule has 1 unspecified atom stereocenters. The van der Waals surface area contributed by atoms with Crippen LogP contribution in [-0.2, 0) is 4.79 Å². The van der Waals surface area contributed by atoms with Crippen LogP contribution in [0, 0.1) is 0 Å². The zero-order valence-electron chi connectivity index (χ0n) is 10.2. The number of pyridine rings is 1. The van der Waals surface area contributed by atoms with Crippen LogP contribution in [0.4, 0.5) is 5.82 Å². The van der Waals surface area contributed by atoms with Gasteiger partial charge in [-0.05, 0) is 25.0 Å². The maximum Gasteiger partial charge on any atom is 0.242 e. The van der Waals surface area contributed by atoms with Crippen LogP contribution in [0.15, 0.2) is 18.3 Å². The molecule has 0 bridgehead atoms. The number of likely N-dealkylation sites (N-methyl/N-ethyl adjacent to an activating group) is 1. The van der Waals surface area contributed by atoms with E-state index in [-0.39, 0.29) is 11.9 Å². The molecule has 1 aromatic rings. The average Bonchev–Trinajstić information content (AvgIpc) is 2.86. The molecule has 2 heterocycles. The second kappa shape index (κ2) is 5.30. The Morgan fingerprint density at radius 1 is 1.67 bits per heavy atom. The SMILES string of the molecule is CNC(=O)C1CCCN1c1ncccc1C(N)=S. The van der Waals surface area contributed by atoms with E-state index in [1.165, 1.54) is 0 Å². The minimum absolute atomic E-state index is 0.00652. The second-order valence-electron chi connectivity index (χ2n) is 4.20. The molecule has 0 radical (unpaired) electrons. The molecule has 96 valence electrons. The van der Waals surface area contributed by atoms with Crippen molar-refractivity contribution in [3.05, 3.63) is 23.9 Å². The van der Waals surface area contributed by atoms with Crippen LogP contribution in [0.2, 0.25) is 0 Å². The van der Waals surface area contributed by atoms with Gasteiger partial charge in [0.15, 0.2) is 0 Å². The molecule has 1 atom stereocenters. The Morgan fingerprint density at radius 2 is 2.44 bits per heavy atom. The molecule has 1 aromatic heterocycles. The fourth-order valence-electron chi connectivity index (χ4n) is 2.28. The van der Waals surface area contributed by atoms with Gasteiger partial charge >= 0.3 is 0 Å². The molecule has 6 heteroatoms. The highest BCUT2D eigenvalue weighted by Crippen LogP contribution is 2.26. The van der Waals surface area contributed by atoms with Gasteiger partial charge in [0.2, 0.25) is 5.91 Å². The summed E-state index contributed by atoms with van der Waals surface area (Å²) in [7, 11) is 1.64. The van der Waals surface area contributed by atoms with E-state index >= 15 is 0 Å². The third-order valence-electron chi connectivity index (χ3n) is 3.13. The van der Waals surface area contributed by atoms with Crippen molar-refractivity contribution in [3.8, 4) is 0 Å². The van der Waals surface area contributed by atoms with Crippen LogP contribution in [-0.4, -0.2) is 35.5 Å². The van der Waals surface area contributed by atoms with Crippen LogP contribution in [0.5, 0.6) is 0 Å². The van der Waals surface area contributed by atoms with Crippen molar-refractivity contribution < 1.29 is 4.79 Å². The van der Waals surface area contributed by atoms with E-state index in [1.54, 1.807) is 19.3 Å². The second-order valence-corrected chi connectivity index (χ2v) is 4.64. The Bertz CT molecular complexity index is 477. The number of aromatic nitrogens is 1. The average molecular weight is 264 g/mol. The van der Waals surface area contributed by atoms with Gasteiger partial charge in [0, 0.05) is 19.8 Å². The van der Waals surface area contributed by atoms with Crippen molar-refractivity contribution in [1.82, 2.24) is 10.3 Å². The monoisotopic (exact) mass is 264 g/mol. The summed E-state index contributed by atoms with van der Waals surface area (Å²) in [6, 6.07) is 3.45. The normalized spacial score (nSPS) is 18.7. The number of nitrogens with zero attached hydrogens (tertiary/aromatic N) is 2. The molecule has 5 nitrogen and oxygen atoms in total. The zero-order valence-corrected chi connectivity index (χ0v) is 11.0. The van der Waals surface area contributed by atoms with E-state index in [2.05, 4.69) is 10.3 Å². The van der Waals surface area contributed by atoms with E-state index in [9.17, 15) is 4.79 Å². The maximum atomic E-state index is 11.8. The minimum Gasteiger partial charge on any atom is -0.389 e. The fourth-order valence-corrected chi connectivity index (χ4v) is 2.44. The summed E-state index contributed by atoms with van der Waals surface area (Å²) in [5.74, 6) is 0.711. The largest absolute Gasteiger partial charge is 0.389 e. The molecule has 1 fully saturated rings. The van der Waals surface area contributed by atoms with Crippen molar-refractivity contribution in [2.24, 2.45) is 5.73 Å². The number of nitrogens with two attached hydrogens (primary N) is 1. The van der Waals surface area contributed by atoms with Gasteiger partial charge in [-0.15, -0.1) is 0 Å². The minimum atomic E-state index is -0.182. The third kappa shape index (κ3) is 2.28. The van der Waals surface area contributed by atoms with Crippen LogP contribution in [0.3, 0.4) is 0 Å². The summed E-state index contributed by atoms with van der Waals surface area (Å²) < 4.78 is 0. The van der Waals surface area contributed by atoms with Crippen molar-refractivity contribution >= 4 is 28.9 Å². The number of carbonyl (C=O) groups is 1. The quantitative estimate of drug-likeness (QED) is 0.775. The first kappa shape index (κ1) is 12.8. The van der Waals surface area contributed by atoms with Crippen LogP contribution < -0.4 is 16.0 Å². The Balaban J connectivity index is 2.36. The molecule has 0 aromatic carbocycles. The number of nitrogens with one attached hydrogen (secondary N) is 1. The van der Waals surface area contributed by atoms with Gasteiger partial charge in [-0.3, -0.25) is 4.79 Å². The van der Waals surface area contributed by atoms with E-state index in [0.717, 1.165) is 24.9 Å². The van der Waals surface area contributed by atoms with Gasteiger partial charge in [-0.1, -0.05) is 12.2 Å². The van der Waals surface area contributed by atoms with Crippen molar-refractivity contribution in [1.29, 1.82) is 0 Å². The smallest absolute Gasteiger partial charge is 0.242 e. The molecule has 0 saturated carbocycles. The lowest BCUT2D eigenvalue weighted by molar-refractivity contribution is -0.121. The summed E-state index contributed by atoms with van der Waals surface area (Å²) in [4.78, 5) is 18.4. The summed E-state index contributed by atoms with van der Waals surface area (Å²) in [5.41, 5.74) is 6.43. The molecular weight excluding hydrogens is 248 g/mol. The summed E-state index contributed by atoms with van der Waals surface area (Å²) in [6.07, 6.45) is 3.48. The lowest BCUT2D eigenvalue weighted by atomic mass is 10.2. The topological polar surface area (TPSA) is 71.2 Å². The first-order valence-corrected chi connectivity index (χ1v) is 6.29. The van der Waals surface area contributed by atoms with Gasteiger partial charge in [-0.2, -0.15) is 0 Å². The highest BCUT2D eigenvalue weighted by atomic mass is 32.1. The first-order valence-electron chi connectivity index (χ1n) is 5.88. The van der Waals surface area contributed by atoms with Gasteiger partial charge in [0.1, 0.15) is 16.8 Å². The van der Waals surface area contributed by atoms with E-state index < -0.39 is 0 Å². The van der Waals surface area contributed by atoms with Crippen LogP contribution >= 0.6 is 12.2 Å². The van der Waals surface area contributed by atoms with Crippen molar-refractivity contribution in [2.45, 2.75) is 18.9 Å². The molecule has 0 aliphatic carbocycles. The summed E-state index contributed by atoms with van der Waals surface area (Å²) in [6.45, 7) is 0.796. The predicted octanol–water partition coefficient (Wildman–Crippen LogP) is 0.431. The maximum absolute atomic E-state index is 11.8. The Kier molecular flexibility index (Phi) is 3.76. The number of carbonyl (C=O) groups excluding carboxylic acids is 1. The fraction of sp³-hybridized carbons (Fsp3) is 0.417. The van der Waals surface area contributed by atoms with Crippen LogP contribution in [0.1, 0.15) is 18.4 Å². The highest BCUT2D eigenvalue weighted by molar-refractivity contribution is 7.80. The predicted molar refractivity (Wildman–Crippen MR) is 74.6 cm³/mol. The number of hydrogen-bond acceptors (Lipinski definition) is 4. The molecule has 3 N–H and O–H groups in total.